The molecule has 0 bridgehead atoms. The van der Waals surface area contributed by atoms with Gasteiger partial charge >= 0.3 is 0 Å². The summed E-state index contributed by atoms with van der Waals surface area (Å²) in [4.78, 5) is 31.7. The van der Waals surface area contributed by atoms with E-state index < -0.39 is 0 Å². The number of rotatable bonds is 4. The van der Waals surface area contributed by atoms with E-state index in [-0.39, 0.29) is 30.1 Å². The number of likely N-dealkylation sites (tertiary alicyclic amines) is 1. The lowest BCUT2D eigenvalue weighted by Crippen LogP contribution is -2.49. The van der Waals surface area contributed by atoms with Crippen molar-refractivity contribution < 1.29 is 14.3 Å². The zero-order valence-corrected chi connectivity index (χ0v) is 17.1. The maximum atomic E-state index is 13.0. The first-order valence-electron chi connectivity index (χ1n) is 9.83. The van der Waals surface area contributed by atoms with Gasteiger partial charge in [0.1, 0.15) is 5.75 Å². The van der Waals surface area contributed by atoms with Gasteiger partial charge in [0.2, 0.25) is 11.8 Å². The summed E-state index contributed by atoms with van der Waals surface area (Å²) >= 11 is 0. The average Bonchev–Trinajstić information content (AvgIpc) is 3.35. The van der Waals surface area contributed by atoms with Gasteiger partial charge in [-0.2, -0.15) is 0 Å². The fourth-order valence-corrected chi connectivity index (χ4v) is 4.43. The lowest BCUT2D eigenvalue weighted by Gasteiger charge is -2.32. The number of methoxy groups -OCH3 is 1. The van der Waals surface area contributed by atoms with E-state index >= 15 is 0 Å². The van der Waals surface area contributed by atoms with Crippen LogP contribution in [-0.4, -0.2) is 80.6 Å². The SMILES string of the molecule is COc1ccc(N2CC(C(=O)N3CCC(N4CCNCC4)C3)CC2=O)cc1.Cl. The summed E-state index contributed by atoms with van der Waals surface area (Å²) in [5.74, 6) is 0.684. The molecule has 1 N–H and O–H groups in total. The van der Waals surface area contributed by atoms with E-state index in [2.05, 4.69) is 10.2 Å². The molecule has 3 saturated heterocycles. The van der Waals surface area contributed by atoms with Crippen LogP contribution in [0, 0.1) is 5.92 Å². The molecule has 7 nitrogen and oxygen atoms in total. The van der Waals surface area contributed by atoms with Gasteiger partial charge in [0, 0.05) is 64.0 Å². The Balaban J connectivity index is 0.00000225. The molecule has 3 heterocycles. The Morgan fingerprint density at radius 1 is 1.11 bits per heavy atom. The third kappa shape index (κ3) is 4.26. The van der Waals surface area contributed by atoms with Crippen LogP contribution in [0.3, 0.4) is 0 Å². The lowest BCUT2D eigenvalue weighted by atomic mass is 10.1. The molecule has 3 aliphatic heterocycles. The second-order valence-electron chi connectivity index (χ2n) is 7.62. The highest BCUT2D eigenvalue weighted by atomic mass is 35.5. The normalized spacial score (nSPS) is 25.7. The summed E-state index contributed by atoms with van der Waals surface area (Å²) in [6, 6.07) is 7.90. The quantitative estimate of drug-likeness (QED) is 0.804. The minimum absolute atomic E-state index is 0. The molecule has 4 rings (SSSR count). The van der Waals surface area contributed by atoms with Crippen molar-refractivity contribution in [3.8, 4) is 5.75 Å². The predicted octanol–water partition coefficient (Wildman–Crippen LogP) is 0.976. The molecule has 8 heteroatoms. The van der Waals surface area contributed by atoms with Crippen molar-refractivity contribution in [3.63, 3.8) is 0 Å². The molecule has 154 valence electrons. The van der Waals surface area contributed by atoms with Crippen molar-refractivity contribution in [2.45, 2.75) is 18.9 Å². The molecule has 0 radical (unpaired) electrons. The smallest absolute Gasteiger partial charge is 0.228 e. The van der Waals surface area contributed by atoms with Gasteiger partial charge in [0.05, 0.1) is 13.0 Å². The third-order valence-corrected chi connectivity index (χ3v) is 6.00. The Hall–Kier alpha value is -1.83. The third-order valence-electron chi connectivity index (χ3n) is 6.00. The van der Waals surface area contributed by atoms with E-state index in [0.29, 0.717) is 19.0 Å². The van der Waals surface area contributed by atoms with Crippen LogP contribution in [0.1, 0.15) is 12.8 Å². The monoisotopic (exact) mass is 408 g/mol. The van der Waals surface area contributed by atoms with Crippen molar-refractivity contribution in [3.05, 3.63) is 24.3 Å². The van der Waals surface area contributed by atoms with Gasteiger partial charge in [-0.25, -0.2) is 0 Å². The Morgan fingerprint density at radius 3 is 2.50 bits per heavy atom. The molecule has 1 aromatic rings. The largest absolute Gasteiger partial charge is 0.497 e. The number of nitrogens with one attached hydrogen (secondary N) is 1. The lowest BCUT2D eigenvalue weighted by molar-refractivity contribution is -0.135. The number of amides is 2. The van der Waals surface area contributed by atoms with Gasteiger partial charge in [-0.1, -0.05) is 0 Å². The van der Waals surface area contributed by atoms with E-state index in [4.69, 9.17) is 4.74 Å². The first kappa shape index (κ1) is 20.9. The maximum Gasteiger partial charge on any atom is 0.228 e. The van der Waals surface area contributed by atoms with Crippen LogP contribution in [0.4, 0.5) is 5.69 Å². The van der Waals surface area contributed by atoms with Crippen LogP contribution in [0.25, 0.3) is 0 Å². The first-order valence-corrected chi connectivity index (χ1v) is 9.83. The number of hydrogen-bond acceptors (Lipinski definition) is 5. The molecule has 0 aliphatic carbocycles. The van der Waals surface area contributed by atoms with E-state index in [1.807, 2.05) is 29.2 Å². The van der Waals surface area contributed by atoms with Crippen molar-refractivity contribution in [2.24, 2.45) is 5.92 Å². The number of halogens is 1. The van der Waals surface area contributed by atoms with Gasteiger partial charge in [-0.05, 0) is 30.7 Å². The highest BCUT2D eigenvalue weighted by Crippen LogP contribution is 2.29. The summed E-state index contributed by atoms with van der Waals surface area (Å²) < 4.78 is 5.17. The summed E-state index contributed by atoms with van der Waals surface area (Å²) in [5.41, 5.74) is 0.830. The molecular formula is C20H29ClN4O3. The van der Waals surface area contributed by atoms with Crippen LogP contribution in [0.5, 0.6) is 5.75 Å². The molecule has 0 spiro atoms. The molecule has 3 fully saturated rings. The maximum absolute atomic E-state index is 13.0. The summed E-state index contributed by atoms with van der Waals surface area (Å²) in [6.45, 7) is 6.24. The number of carbonyl (C=O) groups excluding carboxylic acids is 2. The standard InChI is InChI=1S/C20H28N4O3.ClH/c1-27-18-4-2-16(3-5-18)24-13-15(12-19(24)25)20(26)23-9-6-17(14-23)22-10-7-21-8-11-22;/h2-5,15,17,21H,6-14H2,1H3;1H. The van der Waals surface area contributed by atoms with Gasteiger partial charge in [0.25, 0.3) is 0 Å². The van der Waals surface area contributed by atoms with Crippen LogP contribution in [0.15, 0.2) is 24.3 Å². The van der Waals surface area contributed by atoms with Crippen LogP contribution >= 0.6 is 12.4 Å². The molecule has 2 unspecified atom stereocenters. The van der Waals surface area contributed by atoms with E-state index in [1.165, 1.54) is 0 Å². The minimum atomic E-state index is -0.235. The van der Waals surface area contributed by atoms with Crippen LogP contribution < -0.4 is 15.0 Å². The molecule has 3 aliphatic rings. The second-order valence-corrected chi connectivity index (χ2v) is 7.62. The zero-order valence-electron chi connectivity index (χ0n) is 16.3. The number of anilines is 1. The molecular weight excluding hydrogens is 380 g/mol. The van der Waals surface area contributed by atoms with Gasteiger partial charge < -0.3 is 19.9 Å². The summed E-state index contributed by atoms with van der Waals surface area (Å²) in [6.07, 6.45) is 1.34. The van der Waals surface area contributed by atoms with E-state index in [1.54, 1.807) is 12.0 Å². The number of carbonyl (C=O) groups is 2. The van der Waals surface area contributed by atoms with Crippen molar-refractivity contribution >= 4 is 29.9 Å². The van der Waals surface area contributed by atoms with Crippen LogP contribution in [0.2, 0.25) is 0 Å². The Labute approximate surface area is 172 Å². The molecule has 0 saturated carbocycles. The number of hydrogen-bond donors (Lipinski definition) is 1. The van der Waals surface area contributed by atoms with E-state index in [0.717, 1.165) is 57.1 Å². The van der Waals surface area contributed by atoms with Crippen molar-refractivity contribution in [1.29, 1.82) is 0 Å². The Morgan fingerprint density at radius 2 is 1.82 bits per heavy atom. The zero-order chi connectivity index (χ0) is 18.8. The number of nitrogens with zero attached hydrogens (tertiary/aromatic N) is 3. The van der Waals surface area contributed by atoms with Crippen molar-refractivity contribution in [1.82, 2.24) is 15.1 Å². The predicted molar refractivity (Wildman–Crippen MR) is 110 cm³/mol. The second kappa shape index (κ2) is 9.11. The average molecular weight is 409 g/mol. The number of ether oxygens (including phenoxy) is 1. The van der Waals surface area contributed by atoms with Crippen LogP contribution in [-0.2, 0) is 9.59 Å². The molecule has 2 atom stereocenters. The Bertz CT molecular complexity index is 693. The molecule has 28 heavy (non-hydrogen) atoms. The van der Waals surface area contributed by atoms with Gasteiger partial charge in [0.15, 0.2) is 0 Å². The summed E-state index contributed by atoms with van der Waals surface area (Å²) in [5, 5.41) is 3.38. The fourth-order valence-electron chi connectivity index (χ4n) is 4.43. The highest BCUT2D eigenvalue weighted by Gasteiger charge is 2.40. The summed E-state index contributed by atoms with van der Waals surface area (Å²) in [7, 11) is 1.62. The number of piperazine rings is 1. The number of benzene rings is 1. The minimum Gasteiger partial charge on any atom is -0.497 e. The Kier molecular flexibility index (Phi) is 6.80. The van der Waals surface area contributed by atoms with Gasteiger partial charge in [-0.15, -0.1) is 12.4 Å². The van der Waals surface area contributed by atoms with Gasteiger partial charge in [-0.3, -0.25) is 14.5 Å². The fraction of sp³-hybridized carbons (Fsp3) is 0.600. The van der Waals surface area contributed by atoms with Crippen molar-refractivity contribution in [2.75, 3.05) is 57.8 Å². The first-order chi connectivity index (χ1) is 13.2. The molecule has 0 aromatic heterocycles. The van der Waals surface area contributed by atoms with E-state index in [9.17, 15) is 9.59 Å². The molecule has 2 amide bonds. The molecule has 1 aromatic carbocycles. The highest BCUT2D eigenvalue weighted by molar-refractivity contribution is 6.00. The topological polar surface area (TPSA) is 65.1 Å².